The third-order valence-electron chi connectivity index (χ3n) is 2.47. The molecule has 0 N–H and O–H groups in total. The van der Waals surface area contributed by atoms with Crippen molar-refractivity contribution < 1.29 is 4.79 Å². The topological polar surface area (TPSA) is 34.4 Å². The maximum Gasteiger partial charge on any atom is 0.254 e. The van der Waals surface area contributed by atoms with Gasteiger partial charge in [0.05, 0.1) is 0 Å². The normalized spacial score (nSPS) is 20.3. The lowest BCUT2D eigenvalue weighted by Crippen LogP contribution is -2.17. The molecule has 1 saturated carbocycles. The predicted octanol–water partition coefficient (Wildman–Crippen LogP) is 1.31. The van der Waals surface area contributed by atoms with E-state index in [9.17, 15) is 4.79 Å². The van der Waals surface area contributed by atoms with E-state index in [1.807, 2.05) is 30.1 Å². The second-order valence-electron chi connectivity index (χ2n) is 3.77. The van der Waals surface area contributed by atoms with Gasteiger partial charge in [0.15, 0.2) is 4.80 Å². The summed E-state index contributed by atoms with van der Waals surface area (Å²) >= 11 is 1.50. The Labute approximate surface area is 80.7 Å². The number of aryl methyl sites for hydroxylation is 1. The zero-order chi connectivity index (χ0) is 9.47. The second kappa shape index (κ2) is 2.80. The van der Waals surface area contributed by atoms with E-state index in [2.05, 4.69) is 4.99 Å². The summed E-state index contributed by atoms with van der Waals surface area (Å²) in [6.45, 7) is 1.98. The summed E-state index contributed by atoms with van der Waals surface area (Å²) in [5, 5.41) is 1.93. The highest BCUT2D eigenvalue weighted by atomic mass is 32.1. The summed E-state index contributed by atoms with van der Waals surface area (Å²) in [5.41, 5.74) is -0.142. The van der Waals surface area contributed by atoms with Gasteiger partial charge in [0.25, 0.3) is 5.91 Å². The quantitative estimate of drug-likeness (QED) is 0.667. The molecule has 2 rings (SSSR count). The fourth-order valence-electron chi connectivity index (χ4n) is 1.06. The molecule has 4 heteroatoms. The molecule has 1 amide bonds. The Kier molecular flexibility index (Phi) is 1.87. The number of aromatic nitrogens is 1. The molecule has 0 unspecified atom stereocenters. The Morgan fingerprint density at radius 3 is 2.85 bits per heavy atom. The van der Waals surface area contributed by atoms with Gasteiger partial charge in [0, 0.05) is 24.0 Å². The van der Waals surface area contributed by atoms with Crippen molar-refractivity contribution >= 4 is 17.2 Å². The first kappa shape index (κ1) is 8.69. The average molecular weight is 196 g/mol. The zero-order valence-corrected chi connectivity index (χ0v) is 8.60. The molecule has 1 aromatic rings. The van der Waals surface area contributed by atoms with E-state index in [4.69, 9.17) is 0 Å². The van der Waals surface area contributed by atoms with Gasteiger partial charge in [-0.15, -0.1) is 11.3 Å². The molecular weight excluding hydrogens is 184 g/mol. The highest BCUT2D eigenvalue weighted by Crippen LogP contribution is 2.45. The van der Waals surface area contributed by atoms with Crippen LogP contribution in [0, 0.1) is 5.41 Å². The summed E-state index contributed by atoms with van der Waals surface area (Å²) in [7, 11) is 1.90. The molecule has 0 radical (unpaired) electrons. The van der Waals surface area contributed by atoms with Crippen LogP contribution in [-0.2, 0) is 11.8 Å². The van der Waals surface area contributed by atoms with Gasteiger partial charge in [-0.05, 0) is 12.8 Å². The first-order valence-corrected chi connectivity index (χ1v) is 5.19. The maximum atomic E-state index is 11.6. The number of amides is 1. The Bertz CT molecular complexity index is 398. The Hall–Kier alpha value is -0.900. The number of hydrogen-bond donors (Lipinski definition) is 0. The number of carbonyl (C=O) groups excluding carboxylic acids is 1. The van der Waals surface area contributed by atoms with Crippen LogP contribution >= 0.6 is 11.3 Å². The van der Waals surface area contributed by atoms with Crippen LogP contribution in [0.2, 0.25) is 0 Å². The Balaban J connectivity index is 2.31. The van der Waals surface area contributed by atoms with Crippen LogP contribution in [0.25, 0.3) is 0 Å². The number of nitrogens with zero attached hydrogens (tertiary/aromatic N) is 2. The molecule has 13 heavy (non-hydrogen) atoms. The smallest absolute Gasteiger partial charge is 0.254 e. The van der Waals surface area contributed by atoms with E-state index in [1.54, 1.807) is 0 Å². The van der Waals surface area contributed by atoms with Crippen LogP contribution in [0.3, 0.4) is 0 Å². The summed E-state index contributed by atoms with van der Waals surface area (Å²) in [6.07, 6.45) is 3.89. The highest BCUT2D eigenvalue weighted by Gasteiger charge is 2.44. The minimum Gasteiger partial charge on any atom is -0.327 e. The van der Waals surface area contributed by atoms with Crippen molar-refractivity contribution in [2.75, 3.05) is 0 Å². The highest BCUT2D eigenvalue weighted by molar-refractivity contribution is 7.07. The van der Waals surface area contributed by atoms with Gasteiger partial charge in [-0.1, -0.05) is 6.92 Å². The van der Waals surface area contributed by atoms with E-state index < -0.39 is 0 Å². The number of carbonyl (C=O) groups is 1. The van der Waals surface area contributed by atoms with Gasteiger partial charge in [0.1, 0.15) is 0 Å². The summed E-state index contributed by atoms with van der Waals surface area (Å²) in [5.74, 6) is 0.0329. The summed E-state index contributed by atoms with van der Waals surface area (Å²) in [6, 6.07) is 0. The van der Waals surface area contributed by atoms with Gasteiger partial charge in [-0.2, -0.15) is 4.99 Å². The van der Waals surface area contributed by atoms with Crippen LogP contribution in [0.4, 0.5) is 0 Å². The molecule has 0 aromatic carbocycles. The lowest BCUT2D eigenvalue weighted by molar-refractivity contribution is -0.122. The van der Waals surface area contributed by atoms with Gasteiger partial charge in [-0.25, -0.2) is 0 Å². The third kappa shape index (κ3) is 1.58. The predicted molar refractivity (Wildman–Crippen MR) is 51.2 cm³/mol. The van der Waals surface area contributed by atoms with Gasteiger partial charge in [-0.3, -0.25) is 4.79 Å². The largest absolute Gasteiger partial charge is 0.327 e. The van der Waals surface area contributed by atoms with Crippen LogP contribution in [-0.4, -0.2) is 10.5 Å². The Morgan fingerprint density at radius 1 is 1.69 bits per heavy atom. The zero-order valence-electron chi connectivity index (χ0n) is 7.78. The monoisotopic (exact) mass is 196 g/mol. The minimum atomic E-state index is -0.142. The van der Waals surface area contributed by atoms with E-state index in [1.165, 1.54) is 11.3 Å². The van der Waals surface area contributed by atoms with Crippen molar-refractivity contribution in [3.8, 4) is 0 Å². The van der Waals surface area contributed by atoms with E-state index in [-0.39, 0.29) is 11.3 Å². The van der Waals surface area contributed by atoms with E-state index in [0.29, 0.717) is 0 Å². The van der Waals surface area contributed by atoms with Crippen LogP contribution in [0.1, 0.15) is 19.8 Å². The molecule has 0 aliphatic heterocycles. The van der Waals surface area contributed by atoms with Crippen molar-refractivity contribution in [1.82, 2.24) is 4.57 Å². The van der Waals surface area contributed by atoms with Crippen molar-refractivity contribution in [2.24, 2.45) is 17.5 Å². The number of hydrogen-bond acceptors (Lipinski definition) is 2. The maximum absolute atomic E-state index is 11.6. The molecule has 0 bridgehead atoms. The van der Waals surface area contributed by atoms with Gasteiger partial charge < -0.3 is 4.57 Å². The lowest BCUT2D eigenvalue weighted by atomic mass is 10.1. The molecule has 3 nitrogen and oxygen atoms in total. The van der Waals surface area contributed by atoms with Crippen molar-refractivity contribution in [2.45, 2.75) is 19.8 Å². The first-order chi connectivity index (χ1) is 6.12. The van der Waals surface area contributed by atoms with Crippen LogP contribution < -0.4 is 4.80 Å². The van der Waals surface area contributed by atoms with Gasteiger partial charge in [0.2, 0.25) is 0 Å². The third-order valence-corrected chi connectivity index (χ3v) is 3.32. The molecule has 0 saturated heterocycles. The van der Waals surface area contributed by atoms with Crippen molar-refractivity contribution in [3.63, 3.8) is 0 Å². The fraction of sp³-hybridized carbons (Fsp3) is 0.556. The van der Waals surface area contributed by atoms with Crippen LogP contribution in [0.15, 0.2) is 16.6 Å². The molecule has 1 aliphatic carbocycles. The standard InChI is InChI=1S/C9H12N2OS/c1-9(3-4-9)7(12)10-8-11(2)5-6-13-8/h5-6H,3-4H2,1-2H3. The fourth-order valence-corrected chi connectivity index (χ4v) is 1.79. The number of rotatable bonds is 1. The molecule has 1 aromatic heterocycles. The molecule has 1 fully saturated rings. The summed E-state index contributed by atoms with van der Waals surface area (Å²) in [4.78, 5) is 16.5. The van der Waals surface area contributed by atoms with Crippen LogP contribution in [0.5, 0.6) is 0 Å². The average Bonchev–Trinajstić information content (AvgIpc) is 2.72. The van der Waals surface area contributed by atoms with Crippen molar-refractivity contribution in [1.29, 1.82) is 0 Å². The molecule has 70 valence electrons. The lowest BCUT2D eigenvalue weighted by Gasteiger charge is -1.99. The second-order valence-corrected chi connectivity index (χ2v) is 4.65. The molecule has 0 spiro atoms. The molecule has 1 aliphatic rings. The molecule has 0 atom stereocenters. The first-order valence-electron chi connectivity index (χ1n) is 4.31. The van der Waals surface area contributed by atoms with Crippen molar-refractivity contribution in [3.05, 3.63) is 16.4 Å². The molecule has 1 heterocycles. The van der Waals surface area contributed by atoms with E-state index in [0.717, 1.165) is 17.6 Å². The van der Waals surface area contributed by atoms with E-state index >= 15 is 0 Å². The van der Waals surface area contributed by atoms with Gasteiger partial charge >= 0.3 is 0 Å². The minimum absolute atomic E-state index is 0.0329. The SMILES string of the molecule is Cn1ccsc1=NC(=O)C1(C)CC1. The molecular formula is C9H12N2OS. The summed E-state index contributed by atoms with van der Waals surface area (Å²) < 4.78 is 1.87. The Morgan fingerprint density at radius 2 is 2.38 bits per heavy atom. The number of thiazole rings is 1.